The van der Waals surface area contributed by atoms with Crippen LogP contribution in [0.4, 0.5) is 0 Å². The van der Waals surface area contributed by atoms with E-state index in [1.807, 2.05) is 20.8 Å². The van der Waals surface area contributed by atoms with Gasteiger partial charge in [0.05, 0.1) is 0 Å². The molecule has 0 aromatic carbocycles. The van der Waals surface area contributed by atoms with Gasteiger partial charge in [0.15, 0.2) is 0 Å². The largest absolute Gasteiger partial charge is 0.534 e. The van der Waals surface area contributed by atoms with Gasteiger partial charge in [-0.05, 0) is 45.7 Å². The van der Waals surface area contributed by atoms with Gasteiger partial charge in [0.1, 0.15) is 18.9 Å². The van der Waals surface area contributed by atoms with E-state index in [9.17, 15) is 0 Å². The van der Waals surface area contributed by atoms with E-state index in [1.165, 1.54) is 0 Å². The van der Waals surface area contributed by atoms with Crippen molar-refractivity contribution in [3.05, 3.63) is 12.3 Å². The normalized spacial score (nSPS) is 17.3. The SMILES string of the molecule is C=C[Si](OC(C)OCCCC)(OC(C)OCCCC)OC(C)OCCCC. The minimum Gasteiger partial charge on any atom is -0.354 e. The van der Waals surface area contributed by atoms with Gasteiger partial charge in [-0.15, -0.1) is 0 Å². The zero-order valence-electron chi connectivity index (χ0n) is 18.3. The van der Waals surface area contributed by atoms with Crippen LogP contribution in [0.2, 0.25) is 0 Å². The molecule has 0 heterocycles. The van der Waals surface area contributed by atoms with E-state index >= 15 is 0 Å². The van der Waals surface area contributed by atoms with Crippen LogP contribution in [0.25, 0.3) is 0 Å². The molecule has 0 amide bonds. The predicted molar refractivity (Wildman–Crippen MR) is 110 cm³/mol. The monoisotopic (exact) mass is 406 g/mol. The first-order valence-electron chi connectivity index (χ1n) is 10.4. The van der Waals surface area contributed by atoms with Gasteiger partial charge in [0, 0.05) is 19.8 Å². The summed E-state index contributed by atoms with van der Waals surface area (Å²) in [6.07, 6.45) is 4.73. The van der Waals surface area contributed by atoms with Crippen LogP contribution in [0.5, 0.6) is 0 Å². The number of hydrogen-bond donors (Lipinski definition) is 0. The third kappa shape index (κ3) is 13.5. The van der Waals surface area contributed by atoms with Crippen LogP contribution in [0.1, 0.15) is 80.1 Å². The maximum Gasteiger partial charge on any atom is 0.534 e. The molecule has 0 aliphatic carbocycles. The molecular weight excluding hydrogens is 364 g/mol. The highest BCUT2D eigenvalue weighted by atomic mass is 28.4. The molecule has 0 bridgehead atoms. The second-order valence-corrected chi connectivity index (χ2v) is 8.86. The van der Waals surface area contributed by atoms with Gasteiger partial charge in [0.2, 0.25) is 0 Å². The molecule has 0 aromatic rings. The molecule has 0 N–H and O–H groups in total. The van der Waals surface area contributed by atoms with Crippen LogP contribution in [0.15, 0.2) is 12.3 Å². The third-order valence-corrected chi connectivity index (χ3v) is 6.27. The molecule has 0 fully saturated rings. The lowest BCUT2D eigenvalue weighted by Crippen LogP contribution is -2.51. The number of hydrogen-bond acceptors (Lipinski definition) is 6. The molecule has 0 saturated heterocycles. The fourth-order valence-electron chi connectivity index (χ4n) is 2.20. The Balaban J connectivity index is 4.91. The fourth-order valence-corrected chi connectivity index (χ4v) is 4.25. The summed E-state index contributed by atoms with van der Waals surface area (Å²) >= 11 is 0. The topological polar surface area (TPSA) is 55.4 Å². The van der Waals surface area contributed by atoms with Crippen molar-refractivity contribution < 1.29 is 27.5 Å². The van der Waals surface area contributed by atoms with Crippen LogP contribution >= 0.6 is 0 Å². The number of ether oxygens (including phenoxy) is 3. The first-order valence-corrected chi connectivity index (χ1v) is 12.2. The van der Waals surface area contributed by atoms with Gasteiger partial charge in [-0.2, -0.15) is 0 Å². The van der Waals surface area contributed by atoms with E-state index in [0.717, 1.165) is 38.5 Å². The lowest BCUT2D eigenvalue weighted by atomic mass is 10.4. The lowest BCUT2D eigenvalue weighted by molar-refractivity contribution is -0.174. The van der Waals surface area contributed by atoms with Crippen molar-refractivity contribution in [1.29, 1.82) is 0 Å². The second kappa shape index (κ2) is 16.7. The van der Waals surface area contributed by atoms with Crippen LogP contribution in [0.3, 0.4) is 0 Å². The summed E-state index contributed by atoms with van der Waals surface area (Å²) in [6, 6.07) is 0. The van der Waals surface area contributed by atoms with Gasteiger partial charge in [0.25, 0.3) is 0 Å². The van der Waals surface area contributed by atoms with E-state index < -0.39 is 27.7 Å². The molecular formula is C20H42O6Si. The number of unbranched alkanes of at least 4 members (excludes halogenated alkanes) is 3. The molecule has 0 radical (unpaired) electrons. The van der Waals surface area contributed by atoms with Gasteiger partial charge in [-0.25, -0.2) is 0 Å². The Morgan fingerprint density at radius 3 is 1.19 bits per heavy atom. The van der Waals surface area contributed by atoms with Crippen molar-refractivity contribution in [3.63, 3.8) is 0 Å². The van der Waals surface area contributed by atoms with E-state index in [1.54, 1.807) is 5.70 Å². The van der Waals surface area contributed by atoms with Gasteiger partial charge in [-0.3, -0.25) is 0 Å². The molecule has 0 rings (SSSR count). The van der Waals surface area contributed by atoms with Gasteiger partial charge < -0.3 is 27.5 Å². The lowest BCUT2D eigenvalue weighted by Gasteiger charge is -2.33. The summed E-state index contributed by atoms with van der Waals surface area (Å²) in [5, 5.41) is 0. The van der Waals surface area contributed by atoms with Gasteiger partial charge in [-0.1, -0.05) is 46.6 Å². The van der Waals surface area contributed by atoms with Crippen LogP contribution in [0, 0.1) is 0 Å². The molecule has 3 unspecified atom stereocenters. The maximum atomic E-state index is 6.08. The Hall–Kier alpha value is -0.283. The fraction of sp³-hybridized carbons (Fsp3) is 0.900. The molecule has 27 heavy (non-hydrogen) atoms. The van der Waals surface area contributed by atoms with Crippen LogP contribution in [-0.4, -0.2) is 47.5 Å². The smallest absolute Gasteiger partial charge is 0.354 e. The van der Waals surface area contributed by atoms with E-state index in [0.29, 0.717) is 19.8 Å². The Kier molecular flexibility index (Phi) is 16.5. The second-order valence-electron chi connectivity index (χ2n) is 6.54. The average molecular weight is 407 g/mol. The quantitative estimate of drug-likeness (QED) is 0.167. The first-order chi connectivity index (χ1) is 12.9. The van der Waals surface area contributed by atoms with Crippen molar-refractivity contribution >= 4 is 8.80 Å². The van der Waals surface area contributed by atoms with E-state index in [2.05, 4.69) is 27.4 Å². The zero-order chi connectivity index (χ0) is 20.5. The minimum atomic E-state index is -3.25. The van der Waals surface area contributed by atoms with E-state index in [4.69, 9.17) is 27.5 Å². The highest BCUT2D eigenvalue weighted by Crippen LogP contribution is 2.20. The van der Waals surface area contributed by atoms with Crippen LogP contribution in [-0.2, 0) is 27.5 Å². The molecule has 0 spiro atoms. The minimum absolute atomic E-state index is 0.466. The molecule has 0 aliphatic heterocycles. The summed E-state index contributed by atoms with van der Waals surface area (Å²) in [7, 11) is -3.25. The van der Waals surface area contributed by atoms with Crippen LogP contribution < -0.4 is 0 Å². The van der Waals surface area contributed by atoms with Crippen molar-refractivity contribution in [2.75, 3.05) is 19.8 Å². The molecule has 0 aliphatic rings. The molecule has 6 nitrogen and oxygen atoms in total. The molecule has 0 saturated carbocycles. The van der Waals surface area contributed by atoms with Crippen molar-refractivity contribution in [2.24, 2.45) is 0 Å². The van der Waals surface area contributed by atoms with Crippen molar-refractivity contribution in [2.45, 2.75) is 98.9 Å². The standard InChI is InChI=1S/C20H42O6Si/c1-8-12-15-21-18(5)24-27(11-4,25-19(6)22-16-13-9-2)26-20(7)23-17-14-10-3/h11,18-20H,4,8-10,12-17H2,1-3,5-7H3. The highest BCUT2D eigenvalue weighted by Gasteiger charge is 2.44. The number of rotatable bonds is 19. The Bertz CT molecular complexity index is 310. The Labute approximate surface area is 167 Å². The first kappa shape index (κ1) is 26.7. The molecule has 162 valence electrons. The summed E-state index contributed by atoms with van der Waals surface area (Å²) in [6.45, 7) is 17.7. The van der Waals surface area contributed by atoms with Gasteiger partial charge >= 0.3 is 8.80 Å². The molecule has 0 aromatic heterocycles. The third-order valence-electron chi connectivity index (χ3n) is 3.79. The molecule has 7 heteroatoms. The Morgan fingerprint density at radius 1 is 0.667 bits per heavy atom. The predicted octanol–water partition coefficient (Wildman–Crippen LogP) is 5.19. The summed E-state index contributed by atoms with van der Waals surface area (Å²) < 4.78 is 35.4. The summed E-state index contributed by atoms with van der Waals surface area (Å²) in [4.78, 5) is 0. The maximum absolute atomic E-state index is 6.08. The molecule has 3 atom stereocenters. The van der Waals surface area contributed by atoms with Crippen molar-refractivity contribution in [3.8, 4) is 0 Å². The van der Waals surface area contributed by atoms with Crippen molar-refractivity contribution in [1.82, 2.24) is 0 Å². The summed E-state index contributed by atoms with van der Waals surface area (Å²) in [5.74, 6) is 0. The highest BCUT2D eigenvalue weighted by molar-refractivity contribution is 6.66. The van der Waals surface area contributed by atoms with E-state index in [-0.39, 0.29) is 0 Å². The average Bonchev–Trinajstić information content (AvgIpc) is 2.62. The summed E-state index contributed by atoms with van der Waals surface area (Å²) in [5.41, 5.74) is 1.62. The zero-order valence-corrected chi connectivity index (χ0v) is 19.3. The Morgan fingerprint density at radius 2 is 0.963 bits per heavy atom.